The van der Waals surface area contributed by atoms with Gasteiger partial charge in [0.1, 0.15) is 5.90 Å². The minimum Gasteiger partial charge on any atom is -0.344 e. The summed E-state index contributed by atoms with van der Waals surface area (Å²) >= 11 is 0. The molecule has 9 nitrogen and oxygen atoms in total. The zero-order chi connectivity index (χ0) is 16.8. The van der Waals surface area contributed by atoms with Crippen molar-refractivity contribution >= 4 is 15.0 Å². The van der Waals surface area contributed by atoms with Gasteiger partial charge in [-0.3, -0.25) is 18.9 Å². The van der Waals surface area contributed by atoms with Crippen LogP contribution in [-0.4, -0.2) is 36.3 Å². The summed E-state index contributed by atoms with van der Waals surface area (Å²) in [6, 6.07) is 1.26. The molecule has 0 aliphatic rings. The van der Waals surface area contributed by atoms with Crippen molar-refractivity contribution in [2.45, 2.75) is 32.2 Å². The summed E-state index contributed by atoms with van der Waals surface area (Å²) in [7, 11) is -8.27. The van der Waals surface area contributed by atoms with Crippen molar-refractivity contribution in [1.82, 2.24) is 9.55 Å². The first kappa shape index (κ1) is 19.1. The number of nitrogens with one attached hydrogen (secondary N) is 1. The fourth-order valence-corrected chi connectivity index (χ4v) is 5.56. The van der Waals surface area contributed by atoms with E-state index in [-0.39, 0.29) is 6.16 Å². The maximum atomic E-state index is 11.5. The van der Waals surface area contributed by atoms with Gasteiger partial charge in [0, 0.05) is 25.0 Å². The van der Waals surface area contributed by atoms with Crippen LogP contribution in [0.25, 0.3) is 0 Å². The van der Waals surface area contributed by atoms with Crippen LogP contribution in [-0.2, 0) is 15.7 Å². The lowest BCUT2D eigenvalue weighted by Gasteiger charge is -2.12. The second-order valence-electron chi connectivity index (χ2n) is 5.09. The summed E-state index contributed by atoms with van der Waals surface area (Å²) in [4.78, 5) is 51.2. The number of hydrogen-bond acceptors (Lipinski definition) is 4. The third-order valence-electron chi connectivity index (χ3n) is 2.96. The molecule has 1 atom stereocenters. The van der Waals surface area contributed by atoms with Crippen molar-refractivity contribution in [3.63, 3.8) is 0 Å². The van der Waals surface area contributed by atoms with Crippen LogP contribution in [0, 0.1) is 0 Å². The van der Waals surface area contributed by atoms with Gasteiger partial charge >= 0.3 is 13.3 Å². The van der Waals surface area contributed by atoms with E-state index < -0.39 is 32.1 Å². The molecule has 0 aliphatic carbocycles. The van der Waals surface area contributed by atoms with Gasteiger partial charge in [0.05, 0.1) is 0 Å². The summed E-state index contributed by atoms with van der Waals surface area (Å²) in [6.07, 6.45) is 3.62. The van der Waals surface area contributed by atoms with Gasteiger partial charge < -0.3 is 19.2 Å². The lowest BCUT2D eigenvalue weighted by Crippen LogP contribution is -2.28. The number of hydrogen-bond donors (Lipinski definition) is 4. The number of H-pyrrole nitrogens is 1. The van der Waals surface area contributed by atoms with Crippen LogP contribution in [0.1, 0.15) is 25.7 Å². The third kappa shape index (κ3) is 7.87. The first-order valence-electron chi connectivity index (χ1n) is 6.74. The van der Waals surface area contributed by atoms with Crippen LogP contribution in [0.2, 0.25) is 0 Å². The highest BCUT2D eigenvalue weighted by molar-refractivity contribution is 7.72. The van der Waals surface area contributed by atoms with Crippen LogP contribution in [0.15, 0.2) is 21.9 Å². The Bertz CT molecular complexity index is 690. The second kappa shape index (κ2) is 8.04. The molecule has 0 bridgehead atoms. The molecule has 0 aliphatic heterocycles. The van der Waals surface area contributed by atoms with Crippen molar-refractivity contribution < 1.29 is 23.8 Å². The molecule has 0 aromatic carbocycles. The zero-order valence-electron chi connectivity index (χ0n) is 11.9. The summed E-state index contributed by atoms with van der Waals surface area (Å²) in [5, 5.41) is 0. The molecular formula is C11H20N2O7P2. The molecule has 1 aromatic heterocycles. The van der Waals surface area contributed by atoms with Gasteiger partial charge in [-0.2, -0.15) is 0 Å². The number of aromatic amines is 1. The SMILES string of the molecule is O=c1ccn(CCCCCCP(=O)(O)CP(=O)(O)O)c(=O)[nH]1. The van der Waals surface area contributed by atoms with E-state index in [1.807, 2.05) is 0 Å². The average Bonchev–Trinajstić information content (AvgIpc) is 2.32. The highest BCUT2D eigenvalue weighted by Gasteiger charge is 2.28. The third-order valence-corrected chi connectivity index (χ3v) is 7.22. The van der Waals surface area contributed by atoms with E-state index in [4.69, 9.17) is 9.79 Å². The number of unbranched alkanes of at least 4 members (excludes halogenated alkanes) is 3. The fourth-order valence-electron chi connectivity index (χ4n) is 1.97. The summed E-state index contributed by atoms with van der Waals surface area (Å²) in [6.45, 7) is 0.425. The van der Waals surface area contributed by atoms with Crippen LogP contribution < -0.4 is 11.2 Å². The number of aromatic nitrogens is 2. The Hall–Kier alpha value is -0.980. The largest absolute Gasteiger partial charge is 0.344 e. The first-order chi connectivity index (χ1) is 10.1. The quantitative estimate of drug-likeness (QED) is 0.372. The van der Waals surface area contributed by atoms with Crippen molar-refractivity contribution in [1.29, 1.82) is 0 Å². The Labute approximate surface area is 126 Å². The minimum atomic E-state index is -4.48. The van der Waals surface area contributed by atoms with E-state index in [0.717, 1.165) is 0 Å². The molecular weight excluding hydrogens is 334 g/mol. The molecule has 0 fully saturated rings. The molecule has 126 valence electrons. The normalized spacial score (nSPS) is 14.7. The molecule has 1 aromatic rings. The van der Waals surface area contributed by atoms with E-state index in [1.165, 1.54) is 16.8 Å². The standard InChI is InChI=1S/C11H20N2O7P2/c14-10-5-7-13(11(15)12-10)6-3-1-2-4-8-21(16,17)9-22(18,19)20/h5,7H,1-4,6,8-9H2,(H,16,17)(H,12,14,15)(H2,18,19,20). The molecule has 1 heterocycles. The second-order valence-corrected chi connectivity index (χ2v) is 9.69. The Kier molecular flexibility index (Phi) is 6.97. The van der Waals surface area contributed by atoms with Crippen molar-refractivity contribution in [3.05, 3.63) is 33.1 Å². The molecule has 1 unspecified atom stereocenters. The lowest BCUT2D eigenvalue weighted by molar-refractivity contribution is 0.375. The summed E-state index contributed by atoms with van der Waals surface area (Å²) < 4.78 is 23.6. The van der Waals surface area contributed by atoms with Gasteiger partial charge in [-0.1, -0.05) is 12.8 Å². The predicted octanol–water partition coefficient (Wildman–Crippen LogP) is 0.503. The molecule has 1 rings (SSSR count). The molecule has 0 saturated heterocycles. The van der Waals surface area contributed by atoms with Crippen LogP contribution in [0.5, 0.6) is 0 Å². The number of nitrogens with zero attached hydrogens (tertiary/aromatic N) is 1. The molecule has 4 N–H and O–H groups in total. The fraction of sp³-hybridized carbons (Fsp3) is 0.636. The van der Waals surface area contributed by atoms with E-state index in [9.17, 15) is 23.6 Å². The van der Waals surface area contributed by atoms with E-state index in [1.54, 1.807) is 0 Å². The number of aryl methyl sites for hydroxylation is 1. The maximum absolute atomic E-state index is 11.5. The molecule has 0 amide bonds. The van der Waals surface area contributed by atoms with Gasteiger partial charge in [0.2, 0.25) is 7.37 Å². The van der Waals surface area contributed by atoms with Gasteiger partial charge in [-0.05, 0) is 12.8 Å². The molecule has 0 radical (unpaired) electrons. The topological polar surface area (TPSA) is 150 Å². The first-order valence-corrected chi connectivity index (χ1v) is 10.6. The highest BCUT2D eigenvalue weighted by atomic mass is 31.2. The van der Waals surface area contributed by atoms with Crippen LogP contribution >= 0.6 is 15.0 Å². The monoisotopic (exact) mass is 354 g/mol. The zero-order valence-corrected chi connectivity index (χ0v) is 13.7. The minimum absolute atomic E-state index is 0.128. The van der Waals surface area contributed by atoms with E-state index >= 15 is 0 Å². The van der Waals surface area contributed by atoms with Gasteiger partial charge in [0.15, 0.2) is 0 Å². The molecule has 0 spiro atoms. The maximum Gasteiger partial charge on any atom is 0.335 e. The van der Waals surface area contributed by atoms with E-state index in [2.05, 4.69) is 4.98 Å². The smallest absolute Gasteiger partial charge is 0.335 e. The molecule has 0 saturated carbocycles. The van der Waals surface area contributed by atoms with Crippen LogP contribution in [0.3, 0.4) is 0 Å². The Balaban J connectivity index is 2.26. The Morgan fingerprint density at radius 2 is 1.68 bits per heavy atom. The van der Waals surface area contributed by atoms with Crippen LogP contribution in [0.4, 0.5) is 0 Å². The molecule has 11 heteroatoms. The van der Waals surface area contributed by atoms with Crippen molar-refractivity contribution in [2.24, 2.45) is 0 Å². The predicted molar refractivity (Wildman–Crippen MR) is 81.4 cm³/mol. The average molecular weight is 354 g/mol. The lowest BCUT2D eigenvalue weighted by atomic mass is 10.2. The van der Waals surface area contributed by atoms with Gasteiger partial charge in [-0.25, -0.2) is 4.79 Å². The Morgan fingerprint density at radius 1 is 1.05 bits per heavy atom. The van der Waals surface area contributed by atoms with Crippen molar-refractivity contribution in [2.75, 3.05) is 12.1 Å². The Morgan fingerprint density at radius 3 is 2.27 bits per heavy atom. The summed E-state index contributed by atoms with van der Waals surface area (Å²) in [5.41, 5.74) is -0.931. The summed E-state index contributed by atoms with van der Waals surface area (Å²) in [5.74, 6) is -0.979. The van der Waals surface area contributed by atoms with Gasteiger partial charge in [-0.15, -0.1) is 0 Å². The number of rotatable bonds is 9. The van der Waals surface area contributed by atoms with Gasteiger partial charge in [0.25, 0.3) is 5.56 Å². The highest BCUT2D eigenvalue weighted by Crippen LogP contribution is 2.54. The molecule has 22 heavy (non-hydrogen) atoms. The van der Waals surface area contributed by atoms with E-state index in [0.29, 0.717) is 32.2 Å². The van der Waals surface area contributed by atoms with Crippen molar-refractivity contribution in [3.8, 4) is 0 Å².